The van der Waals surface area contributed by atoms with Gasteiger partial charge in [-0.25, -0.2) is 4.98 Å². The largest absolute Gasteiger partial charge is 0.258 e. The Labute approximate surface area is 125 Å². The summed E-state index contributed by atoms with van der Waals surface area (Å²) in [4.78, 5) is 7.34. The molecule has 2 aromatic heterocycles. The van der Waals surface area contributed by atoms with Crippen LogP contribution in [-0.2, 0) is 12.2 Å². The molecular formula is C15H13N3S2. The molecule has 20 heavy (non-hydrogen) atoms. The normalized spacial score (nSPS) is 14.2. The van der Waals surface area contributed by atoms with Gasteiger partial charge in [-0.3, -0.25) is 5.10 Å². The first-order valence-corrected chi connectivity index (χ1v) is 8.55. The molecule has 0 amide bonds. The number of rotatable bonds is 2. The Morgan fingerprint density at radius 3 is 2.90 bits per heavy atom. The Bertz CT molecular complexity index is 707. The minimum absolute atomic E-state index is 0.765. The third kappa shape index (κ3) is 2.17. The molecule has 0 saturated heterocycles. The zero-order chi connectivity index (χ0) is 13.4. The van der Waals surface area contributed by atoms with Crippen LogP contribution in [0.1, 0.15) is 10.4 Å². The standard InChI is InChI=1S/C15H13N3S2/c1-2-4-10(5-3-1)14-16-15(18-17-14)13-8-11-9-19-7-6-12(11)20-13/h1-5,8H,6-7,9H2,(H,16,17,18). The van der Waals surface area contributed by atoms with Crippen LogP contribution in [0.5, 0.6) is 0 Å². The van der Waals surface area contributed by atoms with Gasteiger partial charge in [0.1, 0.15) is 0 Å². The average molecular weight is 299 g/mol. The summed E-state index contributed by atoms with van der Waals surface area (Å²) in [6.07, 6.45) is 1.18. The molecule has 0 bridgehead atoms. The van der Waals surface area contributed by atoms with Crippen molar-refractivity contribution in [1.82, 2.24) is 15.2 Å². The van der Waals surface area contributed by atoms with Crippen LogP contribution in [0.4, 0.5) is 0 Å². The van der Waals surface area contributed by atoms with Gasteiger partial charge < -0.3 is 0 Å². The van der Waals surface area contributed by atoms with Crippen molar-refractivity contribution >= 4 is 23.1 Å². The molecule has 1 aromatic carbocycles. The van der Waals surface area contributed by atoms with Gasteiger partial charge in [0.05, 0.1) is 4.88 Å². The Hall–Kier alpha value is -1.59. The number of hydrogen-bond acceptors (Lipinski definition) is 4. The highest BCUT2D eigenvalue weighted by atomic mass is 32.2. The molecule has 5 heteroatoms. The summed E-state index contributed by atoms with van der Waals surface area (Å²) >= 11 is 3.86. The second-order valence-corrected chi connectivity index (χ2v) is 6.98. The first-order valence-electron chi connectivity index (χ1n) is 6.58. The van der Waals surface area contributed by atoms with Crippen molar-refractivity contribution in [3.63, 3.8) is 0 Å². The minimum Gasteiger partial charge on any atom is -0.258 e. The van der Waals surface area contributed by atoms with Crippen LogP contribution >= 0.6 is 23.1 Å². The molecule has 4 rings (SSSR count). The molecule has 0 saturated carbocycles. The van der Waals surface area contributed by atoms with E-state index < -0.39 is 0 Å². The fourth-order valence-corrected chi connectivity index (χ4v) is 4.66. The number of aryl methyl sites for hydroxylation is 1. The van der Waals surface area contributed by atoms with Gasteiger partial charge in [0.2, 0.25) is 0 Å². The summed E-state index contributed by atoms with van der Waals surface area (Å²) < 4.78 is 0. The molecule has 1 N–H and O–H groups in total. The van der Waals surface area contributed by atoms with Gasteiger partial charge in [0.15, 0.2) is 11.6 Å². The van der Waals surface area contributed by atoms with E-state index in [9.17, 15) is 0 Å². The van der Waals surface area contributed by atoms with E-state index in [0.29, 0.717) is 0 Å². The molecule has 0 unspecified atom stereocenters. The number of nitrogens with zero attached hydrogens (tertiary/aromatic N) is 2. The van der Waals surface area contributed by atoms with Gasteiger partial charge in [0.25, 0.3) is 0 Å². The molecule has 0 fully saturated rings. The van der Waals surface area contributed by atoms with E-state index in [-0.39, 0.29) is 0 Å². The SMILES string of the molecule is c1ccc(-c2n[nH]c(-c3cc4c(s3)CCSC4)n2)cc1. The second-order valence-electron chi connectivity index (χ2n) is 4.74. The van der Waals surface area contributed by atoms with Crippen molar-refractivity contribution in [1.29, 1.82) is 0 Å². The van der Waals surface area contributed by atoms with Crippen LogP contribution in [0.15, 0.2) is 36.4 Å². The zero-order valence-electron chi connectivity index (χ0n) is 10.8. The third-order valence-electron chi connectivity index (χ3n) is 3.38. The lowest BCUT2D eigenvalue weighted by molar-refractivity contribution is 1.10. The van der Waals surface area contributed by atoms with Crippen molar-refractivity contribution in [2.24, 2.45) is 0 Å². The van der Waals surface area contributed by atoms with Gasteiger partial charge in [-0.1, -0.05) is 30.3 Å². The van der Waals surface area contributed by atoms with Gasteiger partial charge in [-0.2, -0.15) is 16.9 Å². The predicted octanol–water partition coefficient (Wildman–Crippen LogP) is 3.99. The molecule has 3 heterocycles. The van der Waals surface area contributed by atoms with Crippen LogP contribution in [-0.4, -0.2) is 20.9 Å². The maximum Gasteiger partial charge on any atom is 0.181 e. The van der Waals surface area contributed by atoms with E-state index in [1.54, 1.807) is 0 Å². The summed E-state index contributed by atoms with van der Waals surface area (Å²) in [6, 6.07) is 12.3. The van der Waals surface area contributed by atoms with Crippen LogP contribution in [0.3, 0.4) is 0 Å². The van der Waals surface area contributed by atoms with E-state index in [4.69, 9.17) is 0 Å². The topological polar surface area (TPSA) is 41.6 Å². The number of thiophene rings is 1. The third-order valence-corrected chi connectivity index (χ3v) is 5.63. The highest BCUT2D eigenvalue weighted by molar-refractivity contribution is 7.98. The molecular weight excluding hydrogens is 286 g/mol. The van der Waals surface area contributed by atoms with Gasteiger partial charge in [0, 0.05) is 16.2 Å². The lowest BCUT2D eigenvalue weighted by Gasteiger charge is -2.08. The number of aromatic nitrogens is 3. The molecule has 0 radical (unpaired) electrons. The van der Waals surface area contributed by atoms with E-state index in [0.717, 1.165) is 23.0 Å². The summed E-state index contributed by atoms with van der Waals surface area (Å²) in [6.45, 7) is 0. The molecule has 3 aromatic rings. The first kappa shape index (κ1) is 12.2. The van der Waals surface area contributed by atoms with Crippen LogP contribution in [0.25, 0.3) is 22.1 Å². The number of H-pyrrole nitrogens is 1. The highest BCUT2D eigenvalue weighted by Crippen LogP contribution is 2.36. The molecule has 3 nitrogen and oxygen atoms in total. The summed E-state index contributed by atoms with van der Waals surface area (Å²) in [5.41, 5.74) is 2.52. The molecule has 0 spiro atoms. The quantitative estimate of drug-likeness (QED) is 0.778. The molecule has 1 aliphatic rings. The number of thioether (sulfide) groups is 1. The smallest absolute Gasteiger partial charge is 0.181 e. The number of hydrogen-bond donors (Lipinski definition) is 1. The van der Waals surface area contributed by atoms with Crippen molar-refractivity contribution in [2.45, 2.75) is 12.2 Å². The van der Waals surface area contributed by atoms with E-state index in [1.165, 1.54) is 27.5 Å². The lowest BCUT2D eigenvalue weighted by Crippen LogP contribution is -1.96. The Kier molecular flexibility index (Phi) is 3.09. The number of benzene rings is 1. The summed E-state index contributed by atoms with van der Waals surface area (Å²) in [5.74, 6) is 4.01. The zero-order valence-corrected chi connectivity index (χ0v) is 12.4. The maximum absolute atomic E-state index is 4.63. The lowest BCUT2D eigenvalue weighted by atomic mass is 10.2. The van der Waals surface area contributed by atoms with E-state index >= 15 is 0 Å². The van der Waals surface area contributed by atoms with Crippen LogP contribution in [0.2, 0.25) is 0 Å². The number of nitrogens with one attached hydrogen (secondary N) is 1. The van der Waals surface area contributed by atoms with Gasteiger partial charge in [-0.05, 0) is 23.8 Å². The van der Waals surface area contributed by atoms with Gasteiger partial charge in [-0.15, -0.1) is 11.3 Å². The average Bonchev–Trinajstić information content (AvgIpc) is 3.14. The minimum atomic E-state index is 0.765. The molecule has 1 aliphatic heterocycles. The van der Waals surface area contributed by atoms with Crippen molar-refractivity contribution in [3.8, 4) is 22.1 Å². The first-order chi connectivity index (χ1) is 9.90. The monoisotopic (exact) mass is 299 g/mol. The van der Waals surface area contributed by atoms with Crippen LogP contribution in [0, 0.1) is 0 Å². The van der Waals surface area contributed by atoms with Crippen molar-refractivity contribution in [3.05, 3.63) is 46.8 Å². The highest BCUT2D eigenvalue weighted by Gasteiger charge is 2.16. The number of aromatic amines is 1. The Morgan fingerprint density at radius 1 is 1.15 bits per heavy atom. The van der Waals surface area contributed by atoms with E-state index in [1.807, 2.05) is 53.4 Å². The maximum atomic E-state index is 4.63. The summed E-state index contributed by atoms with van der Waals surface area (Å²) in [5, 5.41) is 7.41. The second kappa shape index (κ2) is 5.07. The van der Waals surface area contributed by atoms with E-state index in [2.05, 4.69) is 21.2 Å². The fourth-order valence-electron chi connectivity index (χ4n) is 2.35. The Morgan fingerprint density at radius 2 is 2.05 bits per heavy atom. The molecule has 0 aliphatic carbocycles. The summed E-state index contributed by atoms with van der Waals surface area (Å²) in [7, 11) is 0. The molecule has 0 atom stereocenters. The van der Waals surface area contributed by atoms with Crippen LogP contribution < -0.4 is 0 Å². The molecule has 100 valence electrons. The number of fused-ring (bicyclic) bond motifs is 1. The van der Waals surface area contributed by atoms with Crippen molar-refractivity contribution < 1.29 is 0 Å². The van der Waals surface area contributed by atoms with Crippen molar-refractivity contribution in [2.75, 3.05) is 5.75 Å². The van der Waals surface area contributed by atoms with Gasteiger partial charge >= 0.3 is 0 Å². The Balaban J connectivity index is 1.70. The predicted molar refractivity (Wildman–Crippen MR) is 85.0 cm³/mol. The fraction of sp³-hybridized carbons (Fsp3) is 0.200.